The fraction of sp³-hybridized carbons (Fsp3) is 0.500. The van der Waals surface area contributed by atoms with Gasteiger partial charge in [-0.1, -0.05) is 29.3 Å². The number of nitrogens with one attached hydrogen (secondary N) is 2. The van der Waals surface area contributed by atoms with E-state index >= 15 is 0 Å². The van der Waals surface area contributed by atoms with Gasteiger partial charge < -0.3 is 10.6 Å². The molecule has 1 amide bonds. The smallest absolute Gasteiger partial charge is 0.241 e. The first-order valence-electron chi connectivity index (χ1n) is 6.53. The van der Waals surface area contributed by atoms with Gasteiger partial charge in [0.05, 0.1) is 6.04 Å². The van der Waals surface area contributed by atoms with Crippen LogP contribution in [0.4, 0.5) is 5.69 Å². The Morgan fingerprint density at radius 2 is 2.33 bits per heavy atom. The van der Waals surface area contributed by atoms with E-state index in [1.54, 1.807) is 0 Å². The maximum Gasteiger partial charge on any atom is 0.241 e. The number of halogens is 1. The summed E-state index contributed by atoms with van der Waals surface area (Å²) >= 11 is 3.45. The molecule has 4 heteroatoms. The minimum atomic E-state index is -0.0351. The molecule has 0 spiro atoms. The summed E-state index contributed by atoms with van der Waals surface area (Å²) in [4.78, 5) is 12.1. The topological polar surface area (TPSA) is 41.1 Å². The number of hydrogen-bond acceptors (Lipinski definition) is 2. The molecular formula is C14H19BrN2O. The van der Waals surface area contributed by atoms with Gasteiger partial charge in [0.1, 0.15) is 0 Å². The molecular weight excluding hydrogens is 292 g/mol. The van der Waals surface area contributed by atoms with Crippen molar-refractivity contribution in [2.45, 2.75) is 38.6 Å². The van der Waals surface area contributed by atoms with E-state index in [0.717, 1.165) is 41.5 Å². The Bertz CT molecular complexity index is 428. The van der Waals surface area contributed by atoms with Crippen LogP contribution in [-0.2, 0) is 11.2 Å². The molecule has 2 rings (SSSR count). The first-order valence-corrected chi connectivity index (χ1v) is 7.32. The fourth-order valence-electron chi connectivity index (χ4n) is 2.27. The number of hydrogen-bond donors (Lipinski definition) is 2. The minimum absolute atomic E-state index is 0.0351. The van der Waals surface area contributed by atoms with Crippen molar-refractivity contribution in [1.82, 2.24) is 5.32 Å². The van der Waals surface area contributed by atoms with Crippen LogP contribution in [0.3, 0.4) is 0 Å². The van der Waals surface area contributed by atoms with Crippen molar-refractivity contribution in [1.29, 1.82) is 0 Å². The zero-order valence-corrected chi connectivity index (χ0v) is 12.2. The number of piperidine rings is 1. The van der Waals surface area contributed by atoms with Gasteiger partial charge in [-0.15, -0.1) is 0 Å². The first-order chi connectivity index (χ1) is 8.70. The van der Waals surface area contributed by atoms with Crippen molar-refractivity contribution in [3.63, 3.8) is 0 Å². The van der Waals surface area contributed by atoms with Gasteiger partial charge in [0.15, 0.2) is 0 Å². The molecule has 1 aliphatic rings. The maximum atomic E-state index is 12.1. The third kappa shape index (κ3) is 3.33. The van der Waals surface area contributed by atoms with Crippen molar-refractivity contribution in [3.8, 4) is 0 Å². The molecule has 2 N–H and O–H groups in total. The van der Waals surface area contributed by atoms with Crippen LogP contribution in [0.1, 0.15) is 31.7 Å². The highest BCUT2D eigenvalue weighted by molar-refractivity contribution is 9.10. The molecule has 1 aliphatic heterocycles. The Morgan fingerprint density at radius 3 is 3.00 bits per heavy atom. The normalized spacial score (nSPS) is 19.6. The molecule has 0 saturated carbocycles. The average molecular weight is 311 g/mol. The molecule has 1 fully saturated rings. The molecule has 0 radical (unpaired) electrons. The predicted octanol–water partition coefficient (Wildman–Crippen LogP) is 3.09. The van der Waals surface area contributed by atoms with E-state index < -0.39 is 0 Å². The number of rotatable bonds is 3. The number of anilines is 1. The lowest BCUT2D eigenvalue weighted by molar-refractivity contribution is -0.118. The van der Waals surface area contributed by atoms with Crippen LogP contribution in [0.5, 0.6) is 0 Å². The quantitative estimate of drug-likeness (QED) is 0.900. The summed E-state index contributed by atoms with van der Waals surface area (Å²) in [7, 11) is 0. The number of amides is 1. The summed E-state index contributed by atoms with van der Waals surface area (Å²) in [5, 5.41) is 6.30. The fourth-order valence-corrected chi connectivity index (χ4v) is 2.68. The third-order valence-corrected chi connectivity index (χ3v) is 3.83. The zero-order chi connectivity index (χ0) is 13.0. The van der Waals surface area contributed by atoms with Crippen LogP contribution in [0, 0.1) is 0 Å². The van der Waals surface area contributed by atoms with Crippen LogP contribution in [0.2, 0.25) is 0 Å². The second kappa shape index (κ2) is 6.34. The Labute approximate surface area is 116 Å². The highest BCUT2D eigenvalue weighted by Gasteiger charge is 2.20. The van der Waals surface area contributed by atoms with Crippen molar-refractivity contribution in [3.05, 3.63) is 28.2 Å². The number of benzene rings is 1. The van der Waals surface area contributed by atoms with Crippen LogP contribution in [0.25, 0.3) is 0 Å². The monoisotopic (exact) mass is 310 g/mol. The summed E-state index contributed by atoms with van der Waals surface area (Å²) < 4.78 is 1.05. The molecule has 0 aliphatic carbocycles. The van der Waals surface area contributed by atoms with Gasteiger partial charge in [0.2, 0.25) is 5.91 Å². The summed E-state index contributed by atoms with van der Waals surface area (Å²) in [6.45, 7) is 3.04. The molecule has 3 nitrogen and oxygen atoms in total. The third-order valence-electron chi connectivity index (χ3n) is 3.33. The van der Waals surface area contributed by atoms with E-state index in [9.17, 15) is 4.79 Å². The number of carbonyl (C=O) groups is 1. The number of aryl methyl sites for hydroxylation is 1. The second-order valence-corrected chi connectivity index (χ2v) is 5.56. The van der Waals surface area contributed by atoms with Crippen LogP contribution < -0.4 is 10.6 Å². The molecule has 98 valence electrons. The van der Waals surface area contributed by atoms with Gasteiger partial charge in [-0.05, 0) is 49.6 Å². The first kappa shape index (κ1) is 13.6. The second-order valence-electron chi connectivity index (χ2n) is 4.65. The van der Waals surface area contributed by atoms with Gasteiger partial charge in [0, 0.05) is 10.2 Å². The standard InChI is InChI=1S/C14H19BrN2O/c1-2-10-9-11(15)6-7-12(10)17-14(18)13-5-3-4-8-16-13/h6-7,9,13,16H,2-5,8H2,1H3,(H,17,18)/t13-/m0/s1. The van der Waals surface area contributed by atoms with Gasteiger partial charge in [-0.2, -0.15) is 0 Å². The Balaban J connectivity index is 2.06. The van der Waals surface area contributed by atoms with E-state index in [-0.39, 0.29) is 11.9 Å². The largest absolute Gasteiger partial charge is 0.324 e. The van der Waals surface area contributed by atoms with Gasteiger partial charge in [-0.25, -0.2) is 0 Å². The molecule has 1 heterocycles. The zero-order valence-electron chi connectivity index (χ0n) is 10.6. The maximum absolute atomic E-state index is 12.1. The van der Waals surface area contributed by atoms with Gasteiger partial charge in [0.25, 0.3) is 0 Å². The minimum Gasteiger partial charge on any atom is -0.324 e. The molecule has 0 bridgehead atoms. The van der Waals surface area contributed by atoms with Gasteiger partial charge >= 0.3 is 0 Å². The lowest BCUT2D eigenvalue weighted by Crippen LogP contribution is -2.43. The van der Waals surface area contributed by atoms with Crippen LogP contribution >= 0.6 is 15.9 Å². The van der Waals surface area contributed by atoms with Crippen molar-refractivity contribution in [2.24, 2.45) is 0 Å². The summed E-state index contributed by atoms with van der Waals surface area (Å²) in [6.07, 6.45) is 4.14. The van der Waals surface area contributed by atoms with Crippen molar-refractivity contribution in [2.75, 3.05) is 11.9 Å². The number of carbonyl (C=O) groups excluding carboxylic acids is 1. The molecule has 0 unspecified atom stereocenters. The van der Waals surface area contributed by atoms with Crippen LogP contribution in [0.15, 0.2) is 22.7 Å². The lowest BCUT2D eigenvalue weighted by atomic mass is 10.0. The Kier molecular flexibility index (Phi) is 4.78. The highest BCUT2D eigenvalue weighted by atomic mass is 79.9. The molecule has 1 saturated heterocycles. The van der Waals surface area contributed by atoms with Crippen molar-refractivity contribution >= 4 is 27.5 Å². The van der Waals surface area contributed by atoms with E-state index in [1.807, 2.05) is 12.1 Å². The van der Waals surface area contributed by atoms with E-state index in [4.69, 9.17) is 0 Å². The SMILES string of the molecule is CCc1cc(Br)ccc1NC(=O)[C@@H]1CCCCN1. The summed E-state index contributed by atoms with van der Waals surface area (Å²) in [6, 6.07) is 5.95. The van der Waals surface area contributed by atoms with Crippen molar-refractivity contribution < 1.29 is 4.79 Å². The van der Waals surface area contributed by atoms with Crippen LogP contribution in [-0.4, -0.2) is 18.5 Å². The molecule has 1 aromatic carbocycles. The molecule has 18 heavy (non-hydrogen) atoms. The molecule has 1 atom stereocenters. The molecule has 1 aromatic rings. The van der Waals surface area contributed by atoms with Gasteiger partial charge in [-0.3, -0.25) is 4.79 Å². The summed E-state index contributed by atoms with van der Waals surface area (Å²) in [5.74, 6) is 0.0896. The lowest BCUT2D eigenvalue weighted by Gasteiger charge is -2.23. The van der Waals surface area contributed by atoms with E-state index in [1.165, 1.54) is 6.42 Å². The average Bonchev–Trinajstić information content (AvgIpc) is 2.41. The highest BCUT2D eigenvalue weighted by Crippen LogP contribution is 2.22. The Morgan fingerprint density at radius 1 is 1.50 bits per heavy atom. The van der Waals surface area contributed by atoms with E-state index in [0.29, 0.717) is 0 Å². The Hall–Kier alpha value is -0.870. The van der Waals surface area contributed by atoms with E-state index in [2.05, 4.69) is 39.6 Å². The molecule has 0 aromatic heterocycles. The summed E-state index contributed by atoms with van der Waals surface area (Å²) in [5.41, 5.74) is 2.09. The predicted molar refractivity (Wildman–Crippen MR) is 77.8 cm³/mol.